The van der Waals surface area contributed by atoms with Crippen LogP contribution in [0.25, 0.3) is 11.5 Å². The van der Waals surface area contributed by atoms with Gasteiger partial charge in [0.25, 0.3) is 0 Å². The second kappa shape index (κ2) is 7.32. The number of aromatic carboxylic acids is 1. The standard InChI is InChI=1S/C19H21N5O3/c1-2-24-15-9-8-13(10-14(15)17(23-24)19(25)26)20-11-16-21-22-18(27-16)12-6-4-3-5-7-12/h3-7,13,20H,2,8-11H2,1H3,(H,25,26)/t13-/m1/s1. The van der Waals surface area contributed by atoms with Crippen molar-refractivity contribution >= 4 is 5.97 Å². The summed E-state index contributed by atoms with van der Waals surface area (Å²) in [5, 5.41) is 25.3. The van der Waals surface area contributed by atoms with Crippen LogP contribution in [0.15, 0.2) is 34.7 Å². The van der Waals surface area contributed by atoms with Crippen molar-refractivity contribution in [1.82, 2.24) is 25.3 Å². The first-order valence-electron chi connectivity index (χ1n) is 9.08. The molecule has 0 aliphatic heterocycles. The number of nitrogens with zero attached hydrogens (tertiary/aromatic N) is 4. The van der Waals surface area contributed by atoms with Gasteiger partial charge in [-0.25, -0.2) is 4.79 Å². The van der Waals surface area contributed by atoms with E-state index in [-0.39, 0.29) is 11.7 Å². The van der Waals surface area contributed by atoms with Crippen LogP contribution >= 0.6 is 0 Å². The average Bonchev–Trinajstić information content (AvgIpc) is 3.31. The highest BCUT2D eigenvalue weighted by Gasteiger charge is 2.28. The van der Waals surface area contributed by atoms with Crippen molar-refractivity contribution in [1.29, 1.82) is 0 Å². The molecule has 140 valence electrons. The monoisotopic (exact) mass is 367 g/mol. The smallest absolute Gasteiger partial charge is 0.356 e. The molecule has 2 heterocycles. The Morgan fingerprint density at radius 1 is 1.33 bits per heavy atom. The van der Waals surface area contributed by atoms with Crippen molar-refractivity contribution in [3.8, 4) is 11.5 Å². The summed E-state index contributed by atoms with van der Waals surface area (Å²) >= 11 is 0. The summed E-state index contributed by atoms with van der Waals surface area (Å²) in [6.07, 6.45) is 2.36. The molecule has 27 heavy (non-hydrogen) atoms. The van der Waals surface area contributed by atoms with E-state index in [0.717, 1.165) is 29.7 Å². The Kier molecular flexibility index (Phi) is 4.72. The zero-order valence-corrected chi connectivity index (χ0v) is 15.1. The van der Waals surface area contributed by atoms with E-state index in [9.17, 15) is 9.90 Å². The van der Waals surface area contributed by atoms with Crippen molar-refractivity contribution in [2.45, 2.75) is 45.3 Å². The number of hydrogen-bond acceptors (Lipinski definition) is 6. The summed E-state index contributed by atoms with van der Waals surface area (Å²) in [7, 11) is 0. The van der Waals surface area contributed by atoms with E-state index in [2.05, 4.69) is 20.6 Å². The van der Waals surface area contributed by atoms with Crippen LogP contribution in [-0.4, -0.2) is 37.1 Å². The number of nitrogens with one attached hydrogen (secondary N) is 1. The van der Waals surface area contributed by atoms with Gasteiger partial charge in [-0.15, -0.1) is 10.2 Å². The maximum Gasteiger partial charge on any atom is 0.356 e. The number of aryl methyl sites for hydroxylation is 1. The SMILES string of the molecule is CCn1nc(C(=O)O)c2c1CC[C@@H](NCc1nnc(-c3ccccc3)o1)C2. The van der Waals surface area contributed by atoms with Crippen LogP contribution in [0.1, 0.15) is 41.0 Å². The van der Waals surface area contributed by atoms with Crippen molar-refractivity contribution in [3.63, 3.8) is 0 Å². The van der Waals surface area contributed by atoms with Crippen LogP contribution in [0.3, 0.4) is 0 Å². The molecule has 8 nitrogen and oxygen atoms in total. The van der Waals surface area contributed by atoms with Crippen LogP contribution in [-0.2, 0) is 25.9 Å². The van der Waals surface area contributed by atoms with Crippen molar-refractivity contribution in [2.75, 3.05) is 0 Å². The van der Waals surface area contributed by atoms with E-state index in [1.54, 1.807) is 4.68 Å². The van der Waals surface area contributed by atoms with Gasteiger partial charge in [-0.3, -0.25) is 4.68 Å². The molecule has 2 aromatic heterocycles. The summed E-state index contributed by atoms with van der Waals surface area (Å²) in [6.45, 7) is 3.10. The molecule has 4 rings (SSSR count). The molecule has 0 unspecified atom stereocenters. The molecular weight excluding hydrogens is 346 g/mol. The minimum atomic E-state index is -0.969. The third-order valence-corrected chi connectivity index (χ3v) is 4.88. The first-order chi connectivity index (χ1) is 13.2. The Hall–Kier alpha value is -3.00. The van der Waals surface area contributed by atoms with Gasteiger partial charge in [0.2, 0.25) is 11.8 Å². The van der Waals surface area contributed by atoms with Gasteiger partial charge in [0.1, 0.15) is 0 Å². The number of carboxylic acid groups (broad SMARTS) is 1. The molecule has 0 fully saturated rings. The predicted molar refractivity (Wildman–Crippen MR) is 97.2 cm³/mol. The Morgan fingerprint density at radius 3 is 2.89 bits per heavy atom. The van der Waals surface area contributed by atoms with Gasteiger partial charge in [0.05, 0.1) is 6.54 Å². The number of hydrogen-bond donors (Lipinski definition) is 2. The van der Waals surface area contributed by atoms with E-state index in [1.165, 1.54) is 0 Å². The van der Waals surface area contributed by atoms with Gasteiger partial charge in [0.15, 0.2) is 5.69 Å². The molecule has 0 amide bonds. The summed E-state index contributed by atoms with van der Waals surface area (Å²) in [6, 6.07) is 9.78. The third-order valence-electron chi connectivity index (χ3n) is 4.88. The minimum absolute atomic E-state index is 0.150. The molecule has 0 bridgehead atoms. The Balaban J connectivity index is 1.43. The summed E-state index contributed by atoms with van der Waals surface area (Å²) in [5.74, 6) is 0.0431. The topological polar surface area (TPSA) is 106 Å². The minimum Gasteiger partial charge on any atom is -0.476 e. The van der Waals surface area contributed by atoms with Gasteiger partial charge in [-0.1, -0.05) is 18.2 Å². The normalized spacial score (nSPS) is 16.3. The number of fused-ring (bicyclic) bond motifs is 1. The second-order valence-corrected chi connectivity index (χ2v) is 6.58. The quantitative estimate of drug-likeness (QED) is 0.688. The highest BCUT2D eigenvalue weighted by atomic mass is 16.4. The van der Waals surface area contributed by atoms with Crippen LogP contribution in [0.4, 0.5) is 0 Å². The van der Waals surface area contributed by atoms with Crippen LogP contribution in [0.2, 0.25) is 0 Å². The first-order valence-corrected chi connectivity index (χ1v) is 9.08. The molecule has 0 spiro atoms. The zero-order valence-electron chi connectivity index (χ0n) is 15.1. The van der Waals surface area contributed by atoms with Crippen LogP contribution < -0.4 is 5.32 Å². The van der Waals surface area contributed by atoms with Gasteiger partial charge in [-0.05, 0) is 38.3 Å². The Labute approximate surface area is 156 Å². The van der Waals surface area contributed by atoms with E-state index in [4.69, 9.17) is 4.42 Å². The molecule has 1 aliphatic carbocycles. The molecule has 1 aliphatic rings. The number of benzene rings is 1. The lowest BCUT2D eigenvalue weighted by Crippen LogP contribution is -2.34. The summed E-state index contributed by atoms with van der Waals surface area (Å²) in [5.41, 5.74) is 2.93. The van der Waals surface area contributed by atoms with Crippen molar-refractivity contribution < 1.29 is 14.3 Å². The summed E-state index contributed by atoms with van der Waals surface area (Å²) < 4.78 is 7.52. The molecule has 0 saturated heterocycles. The second-order valence-electron chi connectivity index (χ2n) is 6.58. The summed E-state index contributed by atoms with van der Waals surface area (Å²) in [4.78, 5) is 11.5. The van der Waals surface area contributed by atoms with Crippen LogP contribution in [0.5, 0.6) is 0 Å². The molecular formula is C19H21N5O3. The fourth-order valence-electron chi connectivity index (χ4n) is 3.55. The molecule has 1 atom stereocenters. The zero-order chi connectivity index (χ0) is 18.8. The Bertz CT molecular complexity index is 948. The first kappa shape index (κ1) is 17.4. The highest BCUT2D eigenvalue weighted by Crippen LogP contribution is 2.25. The molecule has 8 heteroatoms. The number of rotatable bonds is 6. The lowest BCUT2D eigenvalue weighted by molar-refractivity contribution is 0.0688. The number of carbonyl (C=O) groups is 1. The van der Waals surface area contributed by atoms with Crippen LogP contribution in [0, 0.1) is 0 Å². The third kappa shape index (κ3) is 3.48. The highest BCUT2D eigenvalue weighted by molar-refractivity contribution is 5.87. The van der Waals surface area contributed by atoms with Gasteiger partial charge >= 0.3 is 5.97 Å². The van der Waals surface area contributed by atoms with Gasteiger partial charge in [0, 0.05) is 29.4 Å². The van der Waals surface area contributed by atoms with Gasteiger partial charge in [-0.2, -0.15) is 5.10 Å². The number of carboxylic acids is 1. The van der Waals surface area contributed by atoms with E-state index in [1.807, 2.05) is 37.3 Å². The van der Waals surface area contributed by atoms with Crippen molar-refractivity contribution in [3.05, 3.63) is 53.2 Å². The molecule has 0 saturated carbocycles. The lowest BCUT2D eigenvalue weighted by Gasteiger charge is -2.23. The van der Waals surface area contributed by atoms with E-state index in [0.29, 0.717) is 31.3 Å². The van der Waals surface area contributed by atoms with E-state index < -0.39 is 5.97 Å². The molecule has 3 aromatic rings. The molecule has 2 N–H and O–H groups in total. The average molecular weight is 367 g/mol. The molecule has 0 radical (unpaired) electrons. The fraction of sp³-hybridized carbons (Fsp3) is 0.368. The maximum absolute atomic E-state index is 11.5. The molecule has 1 aromatic carbocycles. The number of aromatic nitrogens is 4. The Morgan fingerprint density at radius 2 is 2.15 bits per heavy atom. The lowest BCUT2D eigenvalue weighted by atomic mass is 9.91. The predicted octanol–water partition coefficient (Wildman–Crippen LogP) is 2.30. The maximum atomic E-state index is 11.5. The van der Waals surface area contributed by atoms with Crippen molar-refractivity contribution in [2.24, 2.45) is 0 Å². The largest absolute Gasteiger partial charge is 0.476 e. The fourth-order valence-corrected chi connectivity index (χ4v) is 3.55. The van der Waals surface area contributed by atoms with E-state index >= 15 is 0 Å². The van der Waals surface area contributed by atoms with Gasteiger partial charge < -0.3 is 14.8 Å².